The molecule has 0 saturated carbocycles. The lowest BCUT2D eigenvalue weighted by atomic mass is 10.1. The fraction of sp³-hybridized carbons (Fsp3) is 0.118. The summed E-state index contributed by atoms with van der Waals surface area (Å²) in [4.78, 5) is 22.4. The van der Waals surface area contributed by atoms with Crippen LogP contribution in [0.4, 0.5) is 10.8 Å². The largest absolute Gasteiger partial charge is 0.300 e. The van der Waals surface area contributed by atoms with Crippen LogP contribution in [0.2, 0.25) is 0 Å². The lowest BCUT2D eigenvalue weighted by Gasteiger charge is -2.02. The van der Waals surface area contributed by atoms with E-state index in [4.69, 9.17) is 0 Å². The van der Waals surface area contributed by atoms with Gasteiger partial charge in [-0.3, -0.25) is 14.9 Å². The van der Waals surface area contributed by atoms with Gasteiger partial charge in [0, 0.05) is 12.1 Å². The van der Waals surface area contributed by atoms with Crippen LogP contribution in [0.15, 0.2) is 59.5 Å². The van der Waals surface area contributed by atoms with Crippen LogP contribution in [-0.4, -0.2) is 29.4 Å². The Hall–Kier alpha value is -3.18. The van der Waals surface area contributed by atoms with E-state index in [0.717, 1.165) is 11.3 Å². The highest BCUT2D eigenvalue weighted by molar-refractivity contribution is 7.90. The van der Waals surface area contributed by atoms with Crippen LogP contribution in [0.25, 0.3) is 0 Å². The molecule has 28 heavy (non-hydrogen) atoms. The molecule has 0 aliphatic heterocycles. The molecule has 2 aromatic carbocycles. The Bertz CT molecular complexity index is 1100. The standard InChI is InChI=1S/C17H14N4O5S2/c22-15(10-12-6-8-13(9-7-12)21(23)24)18-17-20-19-16(27-17)11-28(25,26)14-4-2-1-3-5-14/h1-9H,10-11H2,(H,18,20,22). The molecule has 144 valence electrons. The van der Waals surface area contributed by atoms with Crippen LogP contribution in [0.3, 0.4) is 0 Å². The second-order valence-corrected chi connectivity index (χ2v) is 8.77. The maximum atomic E-state index is 12.4. The Balaban J connectivity index is 1.61. The molecule has 0 atom stereocenters. The summed E-state index contributed by atoms with van der Waals surface area (Å²) in [5.74, 6) is -0.699. The van der Waals surface area contributed by atoms with Crippen LogP contribution >= 0.6 is 11.3 Å². The van der Waals surface area contributed by atoms with Gasteiger partial charge in [-0.25, -0.2) is 8.42 Å². The average Bonchev–Trinajstić information content (AvgIpc) is 3.08. The number of nitro benzene ring substituents is 1. The van der Waals surface area contributed by atoms with Gasteiger partial charge in [-0.1, -0.05) is 41.7 Å². The van der Waals surface area contributed by atoms with Crippen molar-refractivity contribution in [2.75, 3.05) is 5.32 Å². The molecular weight excluding hydrogens is 404 g/mol. The van der Waals surface area contributed by atoms with Crippen molar-refractivity contribution in [1.82, 2.24) is 10.2 Å². The second-order valence-electron chi connectivity index (χ2n) is 5.72. The predicted molar refractivity (Wildman–Crippen MR) is 103 cm³/mol. The third-order valence-electron chi connectivity index (χ3n) is 3.64. The summed E-state index contributed by atoms with van der Waals surface area (Å²) in [6.07, 6.45) is -0.00474. The van der Waals surface area contributed by atoms with Crippen LogP contribution < -0.4 is 5.32 Å². The molecule has 0 fully saturated rings. The van der Waals surface area contributed by atoms with Gasteiger partial charge in [0.1, 0.15) is 10.8 Å². The van der Waals surface area contributed by atoms with Crippen LogP contribution in [-0.2, 0) is 26.8 Å². The Morgan fingerprint density at radius 2 is 1.75 bits per heavy atom. The van der Waals surface area contributed by atoms with Crippen molar-refractivity contribution in [3.8, 4) is 0 Å². The molecule has 3 rings (SSSR count). The molecule has 0 bridgehead atoms. The zero-order valence-corrected chi connectivity index (χ0v) is 15.9. The first-order valence-corrected chi connectivity index (χ1v) is 10.4. The lowest BCUT2D eigenvalue weighted by Crippen LogP contribution is -2.14. The van der Waals surface area contributed by atoms with Crippen molar-refractivity contribution in [2.45, 2.75) is 17.1 Å². The minimum atomic E-state index is -3.55. The molecule has 1 amide bonds. The number of nitro groups is 1. The van der Waals surface area contributed by atoms with E-state index in [1.54, 1.807) is 18.2 Å². The average molecular weight is 418 g/mol. The summed E-state index contributed by atoms with van der Waals surface area (Å²) in [5.41, 5.74) is 0.539. The summed E-state index contributed by atoms with van der Waals surface area (Å²) in [5, 5.41) is 21.2. The molecule has 0 aliphatic rings. The molecule has 11 heteroatoms. The normalized spacial score (nSPS) is 11.1. The van der Waals surface area contributed by atoms with Crippen LogP contribution in [0, 0.1) is 10.1 Å². The van der Waals surface area contributed by atoms with Gasteiger partial charge in [-0.2, -0.15) is 0 Å². The van der Waals surface area contributed by atoms with Gasteiger partial charge in [0.05, 0.1) is 16.2 Å². The molecule has 1 heterocycles. The van der Waals surface area contributed by atoms with Crippen molar-refractivity contribution in [3.05, 3.63) is 75.3 Å². The van der Waals surface area contributed by atoms with E-state index in [2.05, 4.69) is 15.5 Å². The minimum absolute atomic E-state index is 0.00474. The van der Waals surface area contributed by atoms with Crippen molar-refractivity contribution < 1.29 is 18.1 Å². The summed E-state index contributed by atoms with van der Waals surface area (Å²) >= 11 is 0.977. The zero-order chi connectivity index (χ0) is 20.1. The van der Waals surface area contributed by atoms with Crippen molar-refractivity contribution in [1.29, 1.82) is 0 Å². The first-order valence-electron chi connectivity index (χ1n) is 7.97. The fourth-order valence-electron chi connectivity index (χ4n) is 2.32. The molecule has 0 spiro atoms. The second kappa shape index (κ2) is 8.23. The molecule has 1 N–H and O–H groups in total. The highest BCUT2D eigenvalue weighted by Crippen LogP contribution is 2.21. The van der Waals surface area contributed by atoms with E-state index in [1.807, 2.05) is 0 Å². The number of amides is 1. The van der Waals surface area contributed by atoms with Gasteiger partial charge in [-0.15, -0.1) is 10.2 Å². The molecule has 9 nitrogen and oxygen atoms in total. The van der Waals surface area contributed by atoms with Gasteiger partial charge in [0.25, 0.3) is 5.69 Å². The number of carbonyl (C=O) groups is 1. The Labute approximate surface area is 164 Å². The lowest BCUT2D eigenvalue weighted by molar-refractivity contribution is -0.384. The highest BCUT2D eigenvalue weighted by atomic mass is 32.2. The van der Waals surface area contributed by atoms with Crippen molar-refractivity contribution in [2.24, 2.45) is 0 Å². The monoisotopic (exact) mass is 418 g/mol. The first kappa shape index (κ1) is 19.6. The van der Waals surface area contributed by atoms with Gasteiger partial charge in [-0.05, 0) is 17.7 Å². The van der Waals surface area contributed by atoms with E-state index >= 15 is 0 Å². The third kappa shape index (κ3) is 4.96. The molecule has 3 aromatic rings. The van der Waals surface area contributed by atoms with Crippen molar-refractivity contribution in [3.63, 3.8) is 0 Å². The van der Waals surface area contributed by atoms with E-state index in [-0.39, 0.29) is 38.8 Å². The van der Waals surface area contributed by atoms with E-state index in [9.17, 15) is 23.3 Å². The quantitative estimate of drug-likeness (QED) is 0.461. The molecule has 1 aromatic heterocycles. The fourth-order valence-corrected chi connectivity index (χ4v) is 4.69. The van der Waals surface area contributed by atoms with Crippen molar-refractivity contribution >= 4 is 37.9 Å². The maximum Gasteiger partial charge on any atom is 0.269 e. The molecule has 0 unspecified atom stereocenters. The minimum Gasteiger partial charge on any atom is -0.300 e. The number of anilines is 1. The number of benzene rings is 2. The van der Waals surface area contributed by atoms with Gasteiger partial charge < -0.3 is 5.32 Å². The zero-order valence-electron chi connectivity index (χ0n) is 14.3. The molecule has 0 saturated heterocycles. The summed E-state index contributed by atoms with van der Waals surface area (Å²) in [6, 6.07) is 13.6. The number of carbonyl (C=O) groups excluding carboxylic acids is 1. The van der Waals surface area contributed by atoms with Gasteiger partial charge >= 0.3 is 0 Å². The number of hydrogen-bond donors (Lipinski definition) is 1. The topological polar surface area (TPSA) is 132 Å². The SMILES string of the molecule is O=C(Cc1ccc([N+](=O)[O-])cc1)Nc1nnc(CS(=O)(=O)c2ccccc2)s1. The first-order chi connectivity index (χ1) is 13.3. The van der Waals surface area contributed by atoms with Crippen LogP contribution in [0.1, 0.15) is 10.6 Å². The third-order valence-corrected chi connectivity index (χ3v) is 6.31. The maximum absolute atomic E-state index is 12.4. The Morgan fingerprint density at radius 3 is 2.39 bits per heavy atom. The summed E-state index contributed by atoms with van der Waals surface area (Å²) in [7, 11) is -3.55. The Kier molecular flexibility index (Phi) is 5.76. The number of non-ortho nitro benzene ring substituents is 1. The number of rotatable bonds is 7. The number of aromatic nitrogens is 2. The number of hydrogen-bond acceptors (Lipinski definition) is 8. The van der Waals surface area contributed by atoms with Gasteiger partial charge in [0.15, 0.2) is 9.84 Å². The van der Waals surface area contributed by atoms with E-state index in [1.165, 1.54) is 36.4 Å². The summed E-state index contributed by atoms with van der Waals surface area (Å²) in [6.45, 7) is 0. The van der Waals surface area contributed by atoms with Gasteiger partial charge in [0.2, 0.25) is 11.0 Å². The number of nitrogens with zero attached hydrogens (tertiary/aromatic N) is 3. The van der Waals surface area contributed by atoms with E-state index < -0.39 is 14.8 Å². The Morgan fingerprint density at radius 1 is 1.07 bits per heavy atom. The molecular formula is C17H14N4O5S2. The van der Waals surface area contributed by atoms with E-state index in [0.29, 0.717) is 5.56 Å². The number of nitrogens with one attached hydrogen (secondary N) is 1. The molecule has 0 radical (unpaired) electrons. The summed E-state index contributed by atoms with van der Waals surface area (Å²) < 4.78 is 24.7. The van der Waals surface area contributed by atoms with Crippen LogP contribution in [0.5, 0.6) is 0 Å². The number of sulfone groups is 1. The molecule has 0 aliphatic carbocycles. The predicted octanol–water partition coefficient (Wildman–Crippen LogP) is 2.60. The smallest absolute Gasteiger partial charge is 0.269 e. The highest BCUT2D eigenvalue weighted by Gasteiger charge is 2.18.